The Balaban J connectivity index is 1.42. The lowest BCUT2D eigenvalue weighted by Crippen LogP contribution is -2.53. The second-order valence-electron chi connectivity index (χ2n) is 9.89. The van der Waals surface area contributed by atoms with Crippen molar-refractivity contribution in [1.82, 2.24) is 20.1 Å². The molecule has 0 bridgehead atoms. The van der Waals surface area contributed by atoms with Gasteiger partial charge in [0.25, 0.3) is 11.5 Å². The maximum atomic E-state index is 15.1. The maximum absolute atomic E-state index is 15.1. The predicted molar refractivity (Wildman–Crippen MR) is 137 cm³/mol. The van der Waals surface area contributed by atoms with Gasteiger partial charge in [-0.25, -0.2) is 4.39 Å². The number of aliphatic hydroxyl groups is 1. The van der Waals surface area contributed by atoms with Crippen LogP contribution in [-0.4, -0.2) is 77.1 Å². The van der Waals surface area contributed by atoms with E-state index in [4.69, 9.17) is 9.84 Å². The third-order valence-corrected chi connectivity index (χ3v) is 7.30. The van der Waals surface area contributed by atoms with Crippen molar-refractivity contribution in [1.29, 1.82) is 0 Å². The van der Waals surface area contributed by atoms with E-state index in [1.54, 1.807) is 24.8 Å². The van der Waals surface area contributed by atoms with Crippen LogP contribution in [0.2, 0.25) is 0 Å². The van der Waals surface area contributed by atoms with E-state index in [-0.39, 0.29) is 28.8 Å². The molecule has 39 heavy (non-hydrogen) atoms. The molecule has 4 heterocycles. The van der Waals surface area contributed by atoms with Crippen molar-refractivity contribution < 1.29 is 27.8 Å². The number of carbonyl (C=O) groups is 1. The summed E-state index contributed by atoms with van der Waals surface area (Å²) >= 11 is 0. The van der Waals surface area contributed by atoms with Gasteiger partial charge >= 0.3 is 0 Å². The molecule has 2 fully saturated rings. The third kappa shape index (κ3) is 5.03. The van der Waals surface area contributed by atoms with Gasteiger partial charge in [0.2, 0.25) is 5.91 Å². The lowest BCUT2D eigenvalue weighted by atomic mass is 10.00. The largest absolute Gasteiger partial charge is 0.390 e. The van der Waals surface area contributed by atoms with Crippen LogP contribution in [0.15, 0.2) is 29.1 Å². The Morgan fingerprint density at radius 3 is 2.62 bits per heavy atom. The molecule has 0 spiro atoms. The summed E-state index contributed by atoms with van der Waals surface area (Å²) in [5.74, 6) is -4.66. The van der Waals surface area contributed by atoms with Crippen molar-refractivity contribution in [3.8, 4) is 0 Å². The third-order valence-electron chi connectivity index (χ3n) is 7.30. The van der Waals surface area contributed by atoms with Gasteiger partial charge < -0.3 is 29.9 Å². The van der Waals surface area contributed by atoms with Gasteiger partial charge in [0.15, 0.2) is 5.82 Å². The molecule has 3 N–H and O–H groups in total. The summed E-state index contributed by atoms with van der Waals surface area (Å²) in [6.45, 7) is 4.49. The molecule has 0 unspecified atom stereocenters. The molecule has 2 aromatic heterocycles. The van der Waals surface area contributed by atoms with E-state index in [1.165, 1.54) is 12.1 Å². The van der Waals surface area contributed by atoms with Gasteiger partial charge in [-0.15, -0.1) is 5.10 Å². The molecular formula is C26H29F3N6O4. The van der Waals surface area contributed by atoms with Crippen molar-refractivity contribution in [2.75, 3.05) is 56.2 Å². The fourth-order valence-corrected chi connectivity index (χ4v) is 4.90. The Morgan fingerprint density at radius 1 is 1.26 bits per heavy atom. The first-order valence-electron chi connectivity index (χ1n) is 12.7. The summed E-state index contributed by atoms with van der Waals surface area (Å²) in [5.41, 5.74) is 0.0350. The van der Waals surface area contributed by atoms with Crippen LogP contribution in [0.25, 0.3) is 10.9 Å². The van der Waals surface area contributed by atoms with Crippen LogP contribution >= 0.6 is 0 Å². The molecule has 5 rings (SSSR count). The van der Waals surface area contributed by atoms with E-state index in [1.807, 2.05) is 4.90 Å². The van der Waals surface area contributed by atoms with Crippen LogP contribution in [0.4, 0.5) is 24.7 Å². The molecular weight excluding hydrogens is 517 g/mol. The number of H-pyrrole nitrogens is 1. The molecule has 0 aliphatic carbocycles. The molecule has 1 amide bonds. The molecule has 0 radical (unpaired) electrons. The molecule has 0 saturated carbocycles. The Bertz CT molecular complexity index is 1450. The van der Waals surface area contributed by atoms with Crippen LogP contribution in [0, 0.1) is 18.7 Å². The molecule has 13 heteroatoms. The molecule has 1 aromatic carbocycles. The van der Waals surface area contributed by atoms with Gasteiger partial charge in [-0.2, -0.15) is 13.9 Å². The van der Waals surface area contributed by atoms with Crippen molar-refractivity contribution in [2.24, 2.45) is 5.92 Å². The topological polar surface area (TPSA) is 124 Å². The van der Waals surface area contributed by atoms with Gasteiger partial charge in [0, 0.05) is 37.1 Å². The number of hydrogen-bond donors (Lipinski definition) is 3. The molecule has 2 aliphatic rings. The number of anilines is 2. The average molecular weight is 547 g/mol. The fraction of sp³-hybridized carbons (Fsp3) is 0.462. The van der Waals surface area contributed by atoms with E-state index >= 15 is 4.39 Å². The summed E-state index contributed by atoms with van der Waals surface area (Å²) in [6, 6.07) is 4.48. The number of fused-ring (bicyclic) bond motifs is 1. The first kappa shape index (κ1) is 26.9. The maximum Gasteiger partial charge on any atom is 0.298 e. The predicted octanol–water partition coefficient (Wildman–Crippen LogP) is 2.32. The number of amides is 1. The number of rotatable bonds is 7. The average Bonchev–Trinajstić information content (AvgIpc) is 2.89. The van der Waals surface area contributed by atoms with Crippen LogP contribution in [0.5, 0.6) is 0 Å². The van der Waals surface area contributed by atoms with E-state index in [0.717, 1.165) is 6.07 Å². The molecule has 208 valence electrons. The summed E-state index contributed by atoms with van der Waals surface area (Å²) in [4.78, 5) is 32.1. The zero-order valence-electron chi connectivity index (χ0n) is 21.5. The number of ether oxygens (including phenoxy) is 1. The molecule has 3 aromatic rings. The monoisotopic (exact) mass is 546 g/mol. The Morgan fingerprint density at radius 2 is 1.97 bits per heavy atom. The number of pyridine rings is 1. The Hall–Kier alpha value is -3.71. The number of piperazine rings is 1. The van der Waals surface area contributed by atoms with Gasteiger partial charge in [0.1, 0.15) is 18.1 Å². The number of halogens is 3. The van der Waals surface area contributed by atoms with Gasteiger partial charge in [-0.1, -0.05) is 12.1 Å². The number of carbonyl (C=O) groups excluding carboxylic acids is 1. The first-order chi connectivity index (χ1) is 18.6. The second-order valence-corrected chi connectivity index (χ2v) is 9.89. The number of nitrogens with one attached hydrogen (secondary N) is 2. The minimum Gasteiger partial charge on any atom is -0.390 e. The standard InChI is InChI=1S/C26H29F3N6O4/c1-14(17-4-3-5-19(21(17)27)26(28,29)13-36)30-23-18-10-20(24(37)31-22(18)15(2)32-33-23)34-6-8-35(9-7-34)25(38)16-11-39-12-16/h3-5,10,14,16,36H,6-9,11-13H2,1-2H3,(H,30,33)(H,31,37)/t14-/m1/s1. The Labute approximate surface area is 221 Å². The van der Waals surface area contributed by atoms with Crippen molar-refractivity contribution in [3.05, 3.63) is 57.3 Å². The molecule has 10 nitrogen and oxygen atoms in total. The van der Waals surface area contributed by atoms with E-state index in [0.29, 0.717) is 61.7 Å². The lowest BCUT2D eigenvalue weighted by molar-refractivity contribution is -0.150. The zero-order valence-corrected chi connectivity index (χ0v) is 21.5. The minimum absolute atomic E-state index is 0.0431. The van der Waals surface area contributed by atoms with Crippen LogP contribution in [-0.2, 0) is 15.5 Å². The highest BCUT2D eigenvalue weighted by atomic mass is 19.3. The highest BCUT2D eigenvalue weighted by Crippen LogP contribution is 2.34. The molecule has 2 aliphatic heterocycles. The lowest BCUT2D eigenvalue weighted by Gasteiger charge is -2.38. The second kappa shape index (κ2) is 10.5. The minimum atomic E-state index is -3.73. The number of aromatic nitrogens is 3. The van der Waals surface area contributed by atoms with Gasteiger partial charge in [-0.3, -0.25) is 9.59 Å². The SMILES string of the molecule is Cc1nnc(N[C@H](C)c2cccc(C(F)(F)CO)c2F)c2cc(N3CCN(C(=O)C4COC4)CC3)c(=O)[nH]c12. The highest BCUT2D eigenvalue weighted by molar-refractivity contribution is 5.92. The van der Waals surface area contributed by atoms with E-state index in [9.17, 15) is 18.4 Å². The van der Waals surface area contributed by atoms with Crippen molar-refractivity contribution >= 4 is 28.3 Å². The van der Waals surface area contributed by atoms with Crippen LogP contribution in [0.3, 0.4) is 0 Å². The zero-order chi connectivity index (χ0) is 27.9. The quantitative estimate of drug-likeness (QED) is 0.413. The van der Waals surface area contributed by atoms with Gasteiger partial charge in [0.05, 0.1) is 41.9 Å². The number of benzene rings is 1. The smallest absolute Gasteiger partial charge is 0.298 e. The molecule has 2 saturated heterocycles. The van der Waals surface area contributed by atoms with Gasteiger partial charge in [-0.05, 0) is 26.0 Å². The summed E-state index contributed by atoms with van der Waals surface area (Å²) in [7, 11) is 0. The number of nitrogens with zero attached hydrogens (tertiary/aromatic N) is 4. The highest BCUT2D eigenvalue weighted by Gasteiger charge is 2.35. The number of hydrogen-bond acceptors (Lipinski definition) is 8. The number of alkyl halides is 2. The Kier molecular flexibility index (Phi) is 7.21. The van der Waals surface area contributed by atoms with Crippen molar-refractivity contribution in [2.45, 2.75) is 25.8 Å². The number of aliphatic hydroxyl groups excluding tert-OH is 1. The van der Waals surface area contributed by atoms with E-state index < -0.39 is 30.0 Å². The summed E-state index contributed by atoms with van der Waals surface area (Å²) in [6.07, 6.45) is 0. The number of aryl methyl sites for hydroxylation is 1. The normalized spacial score (nSPS) is 17.3. The summed E-state index contributed by atoms with van der Waals surface area (Å²) in [5, 5.41) is 20.9. The first-order valence-corrected chi connectivity index (χ1v) is 12.7. The van der Waals surface area contributed by atoms with Crippen LogP contribution in [0.1, 0.15) is 29.8 Å². The van der Waals surface area contributed by atoms with Crippen LogP contribution < -0.4 is 15.8 Å². The number of aromatic amines is 1. The fourth-order valence-electron chi connectivity index (χ4n) is 4.90. The van der Waals surface area contributed by atoms with E-state index in [2.05, 4.69) is 20.5 Å². The van der Waals surface area contributed by atoms with Crippen molar-refractivity contribution in [3.63, 3.8) is 0 Å². The summed E-state index contributed by atoms with van der Waals surface area (Å²) < 4.78 is 48.3. The molecule has 1 atom stereocenters.